The Morgan fingerprint density at radius 3 is 2.00 bits per heavy atom. The zero-order valence-corrected chi connectivity index (χ0v) is 11.9. The van der Waals surface area contributed by atoms with Gasteiger partial charge in [-0.1, -0.05) is 0 Å². The molecule has 0 aliphatic carbocycles. The predicted molar refractivity (Wildman–Crippen MR) is 48.1 cm³/mol. The summed E-state index contributed by atoms with van der Waals surface area (Å²) in [5.41, 5.74) is 0. The van der Waals surface area contributed by atoms with Crippen molar-refractivity contribution >= 4 is 10.1 Å². The number of hydrogen-bond donors (Lipinski definition) is 1. The van der Waals surface area contributed by atoms with E-state index in [1.54, 1.807) is 13.8 Å². The monoisotopic (exact) mass is 233 g/mol. The van der Waals surface area contributed by atoms with Gasteiger partial charge in [0.25, 0.3) is 0 Å². The molecule has 1 N–H and O–H groups in total. The average molecular weight is 233 g/mol. The van der Waals surface area contributed by atoms with Gasteiger partial charge in [0.2, 0.25) is 0 Å². The minimum Gasteiger partial charge on any atom is -0.747 e. The molecule has 5 nitrogen and oxygen atoms in total. The zero-order valence-electron chi connectivity index (χ0n) is 9.10. The molecule has 0 saturated heterocycles. The van der Waals surface area contributed by atoms with Crippen molar-refractivity contribution in [1.82, 2.24) is 4.90 Å². The number of hydrogen-bond acceptors (Lipinski definition) is 5. The summed E-state index contributed by atoms with van der Waals surface area (Å²) in [5.74, 6) is 0. The molecule has 7 heteroatoms. The van der Waals surface area contributed by atoms with Crippen LogP contribution in [0.1, 0.15) is 20.8 Å². The van der Waals surface area contributed by atoms with Crippen LogP contribution in [0, 0.1) is 0 Å². The largest absolute Gasteiger partial charge is 1.00 e. The molecule has 0 aromatic rings. The number of nitrogens with zero attached hydrogens (tertiary/aromatic N) is 1. The van der Waals surface area contributed by atoms with E-state index in [0.29, 0.717) is 0 Å². The van der Waals surface area contributed by atoms with Gasteiger partial charge in [-0.3, -0.25) is 4.90 Å². The fraction of sp³-hybridized carbons (Fsp3) is 1.00. The Kier molecular flexibility index (Phi) is 8.81. The molecule has 14 heavy (non-hydrogen) atoms. The number of rotatable bonds is 5. The van der Waals surface area contributed by atoms with Crippen molar-refractivity contribution < 1.29 is 47.6 Å². The molecule has 1 atom stereocenters. The topological polar surface area (TPSA) is 80.7 Å². The first kappa shape index (κ1) is 17.2. The van der Waals surface area contributed by atoms with Crippen LogP contribution in [0.5, 0.6) is 0 Å². The molecule has 0 rings (SSSR count). The van der Waals surface area contributed by atoms with Gasteiger partial charge in [0.1, 0.15) is 10.1 Å². The van der Waals surface area contributed by atoms with Gasteiger partial charge in [-0.05, 0) is 20.8 Å². The van der Waals surface area contributed by atoms with E-state index in [0.717, 1.165) is 0 Å². The van der Waals surface area contributed by atoms with E-state index >= 15 is 0 Å². The molecular formula is C7H16NNaO4S. The molecule has 1 unspecified atom stereocenters. The van der Waals surface area contributed by atoms with Crippen LogP contribution in [0.15, 0.2) is 0 Å². The quantitative estimate of drug-likeness (QED) is 0.395. The Morgan fingerprint density at radius 2 is 1.79 bits per heavy atom. The van der Waals surface area contributed by atoms with Crippen molar-refractivity contribution in [2.75, 3.05) is 13.2 Å². The van der Waals surface area contributed by atoms with Crippen LogP contribution >= 0.6 is 0 Å². The van der Waals surface area contributed by atoms with Gasteiger partial charge in [0, 0.05) is 12.6 Å². The van der Waals surface area contributed by atoms with Crippen molar-refractivity contribution in [2.45, 2.75) is 32.2 Å². The second-order valence-corrected chi connectivity index (χ2v) is 4.82. The van der Waals surface area contributed by atoms with Crippen LogP contribution in [0.2, 0.25) is 0 Å². The SMILES string of the molecule is CC(C)N(CCO)C(C)S(=O)(=O)[O-].[Na+]. The minimum atomic E-state index is -4.30. The van der Waals surface area contributed by atoms with Crippen LogP contribution in [-0.4, -0.2) is 47.5 Å². The maximum absolute atomic E-state index is 10.7. The van der Waals surface area contributed by atoms with E-state index < -0.39 is 15.5 Å². The molecule has 0 amide bonds. The van der Waals surface area contributed by atoms with E-state index in [1.807, 2.05) is 0 Å². The third-order valence-electron chi connectivity index (χ3n) is 1.91. The summed E-state index contributed by atoms with van der Waals surface area (Å²) in [6.45, 7) is 4.92. The summed E-state index contributed by atoms with van der Waals surface area (Å²) in [4.78, 5) is 1.45. The summed E-state index contributed by atoms with van der Waals surface area (Å²) in [6.07, 6.45) is 0. The molecule has 80 valence electrons. The van der Waals surface area contributed by atoms with Gasteiger partial charge >= 0.3 is 29.6 Å². The maximum atomic E-state index is 10.7. The van der Waals surface area contributed by atoms with Crippen molar-refractivity contribution in [1.29, 1.82) is 0 Å². The number of aliphatic hydroxyl groups is 1. The standard InChI is InChI=1S/C7H17NO4S.Na/c1-6(2)8(4-5-9)7(3)13(10,11)12;/h6-7,9H,4-5H2,1-3H3,(H,10,11,12);/q;+1/p-1. The molecule has 0 aliphatic heterocycles. The van der Waals surface area contributed by atoms with Crippen molar-refractivity contribution in [2.24, 2.45) is 0 Å². The average Bonchev–Trinajstić information content (AvgIpc) is 1.96. The van der Waals surface area contributed by atoms with Gasteiger partial charge < -0.3 is 9.66 Å². The van der Waals surface area contributed by atoms with Gasteiger partial charge in [-0.2, -0.15) is 0 Å². The molecule has 0 aromatic carbocycles. The molecule has 0 aliphatic rings. The Bertz CT molecular complexity index is 242. The second-order valence-electron chi connectivity index (χ2n) is 3.15. The number of aliphatic hydroxyl groups excluding tert-OH is 1. The van der Waals surface area contributed by atoms with E-state index in [1.165, 1.54) is 11.8 Å². The zero-order chi connectivity index (χ0) is 10.6. The van der Waals surface area contributed by atoms with Crippen molar-refractivity contribution in [3.63, 3.8) is 0 Å². The molecule has 0 heterocycles. The molecule has 0 fully saturated rings. The molecule has 0 aromatic heterocycles. The van der Waals surface area contributed by atoms with Crippen LogP contribution in [0.25, 0.3) is 0 Å². The fourth-order valence-corrected chi connectivity index (χ4v) is 1.82. The predicted octanol–water partition coefficient (Wildman–Crippen LogP) is -3.42. The summed E-state index contributed by atoms with van der Waals surface area (Å²) < 4.78 is 32.0. The summed E-state index contributed by atoms with van der Waals surface area (Å²) >= 11 is 0. The van der Waals surface area contributed by atoms with Crippen LogP contribution in [0.4, 0.5) is 0 Å². The fourth-order valence-electron chi connectivity index (χ4n) is 1.14. The summed E-state index contributed by atoms with van der Waals surface area (Å²) in [5, 5.41) is 7.58. The van der Waals surface area contributed by atoms with Crippen molar-refractivity contribution in [3.8, 4) is 0 Å². The summed E-state index contributed by atoms with van der Waals surface area (Å²) in [7, 11) is -4.30. The Hall–Kier alpha value is 0.830. The first-order chi connectivity index (χ1) is 5.80. The van der Waals surface area contributed by atoms with E-state index in [4.69, 9.17) is 5.11 Å². The minimum absolute atomic E-state index is 0. The maximum Gasteiger partial charge on any atom is 1.00 e. The Morgan fingerprint density at radius 1 is 1.36 bits per heavy atom. The smallest absolute Gasteiger partial charge is 0.747 e. The van der Waals surface area contributed by atoms with Gasteiger partial charge in [0.05, 0.1) is 12.0 Å². The van der Waals surface area contributed by atoms with Crippen LogP contribution < -0.4 is 29.6 Å². The summed E-state index contributed by atoms with van der Waals surface area (Å²) in [6, 6.07) is -0.0779. The van der Waals surface area contributed by atoms with Gasteiger partial charge in [-0.15, -0.1) is 0 Å². The molecule has 0 saturated carbocycles. The molecular weight excluding hydrogens is 217 g/mol. The Balaban J connectivity index is 0. The van der Waals surface area contributed by atoms with E-state index in [2.05, 4.69) is 0 Å². The molecule has 0 spiro atoms. The van der Waals surface area contributed by atoms with Crippen molar-refractivity contribution in [3.05, 3.63) is 0 Å². The van der Waals surface area contributed by atoms with E-state index in [9.17, 15) is 13.0 Å². The first-order valence-corrected chi connectivity index (χ1v) is 5.59. The van der Waals surface area contributed by atoms with Gasteiger partial charge in [-0.25, -0.2) is 8.42 Å². The molecule has 0 bridgehead atoms. The third-order valence-corrected chi connectivity index (χ3v) is 3.01. The normalized spacial score (nSPS) is 14.2. The van der Waals surface area contributed by atoms with E-state index in [-0.39, 0.29) is 48.8 Å². The second kappa shape index (κ2) is 7.16. The van der Waals surface area contributed by atoms with Crippen LogP contribution in [0.3, 0.4) is 0 Å². The molecule has 0 radical (unpaired) electrons. The van der Waals surface area contributed by atoms with Crippen LogP contribution in [-0.2, 0) is 10.1 Å². The third kappa shape index (κ3) is 5.65. The van der Waals surface area contributed by atoms with Gasteiger partial charge in [0.15, 0.2) is 0 Å². The first-order valence-electron chi connectivity index (χ1n) is 4.12. The Labute approximate surface area is 108 Å².